The molecule has 0 radical (unpaired) electrons. The van der Waals surface area contributed by atoms with Crippen LogP contribution in [0.4, 0.5) is 0 Å². The first-order valence-corrected chi connectivity index (χ1v) is 4.51. The molecular weight excluding hydrogens is 194 g/mol. The topological polar surface area (TPSA) is 51.5 Å². The lowest BCUT2D eigenvalue weighted by Crippen LogP contribution is -2.07. The maximum Gasteiger partial charge on any atom is 0.358 e. The van der Waals surface area contributed by atoms with E-state index in [9.17, 15) is 9.90 Å². The van der Waals surface area contributed by atoms with E-state index < -0.39 is 5.97 Å². The molecule has 0 spiro atoms. The van der Waals surface area contributed by atoms with E-state index in [1.54, 1.807) is 17.7 Å². The fourth-order valence-corrected chi connectivity index (χ4v) is 1.70. The van der Waals surface area contributed by atoms with Crippen molar-refractivity contribution in [2.24, 2.45) is 7.05 Å². The molecule has 0 amide bonds. The van der Waals surface area contributed by atoms with Crippen molar-refractivity contribution in [3.8, 4) is 5.75 Å². The highest BCUT2D eigenvalue weighted by Crippen LogP contribution is 2.31. The Hall–Kier alpha value is -1.97. The molecule has 0 saturated carbocycles. The molecule has 4 nitrogen and oxygen atoms in total. The highest BCUT2D eigenvalue weighted by Gasteiger charge is 2.20. The number of para-hydroxylation sites is 1. The van der Waals surface area contributed by atoms with Crippen LogP contribution < -0.4 is 0 Å². The molecule has 0 unspecified atom stereocenters. The van der Waals surface area contributed by atoms with Crippen LogP contribution >= 0.6 is 0 Å². The normalized spacial score (nSPS) is 10.5. The first-order chi connectivity index (χ1) is 7.16. The predicted octanol–water partition coefficient (Wildman–Crippen LogP) is 1.67. The summed E-state index contributed by atoms with van der Waals surface area (Å²) in [7, 11) is 3.01. The van der Waals surface area contributed by atoms with Crippen LogP contribution in [-0.4, -0.2) is 22.8 Å². The third-order valence-electron chi connectivity index (χ3n) is 2.46. The fraction of sp³-hybridized carbons (Fsp3) is 0.182. The number of aryl methyl sites for hydroxylation is 1. The summed E-state index contributed by atoms with van der Waals surface area (Å²) in [6.07, 6.45) is 0. The zero-order chi connectivity index (χ0) is 11.0. The molecule has 1 aromatic carbocycles. The second-order valence-electron chi connectivity index (χ2n) is 3.26. The number of carbonyl (C=O) groups is 1. The van der Waals surface area contributed by atoms with Gasteiger partial charge in [0.1, 0.15) is 0 Å². The SMILES string of the molecule is COC(=O)c1c(O)c2ccccc2n1C. The van der Waals surface area contributed by atoms with Gasteiger partial charge in [-0.25, -0.2) is 4.79 Å². The van der Waals surface area contributed by atoms with Crippen LogP contribution in [0, 0.1) is 0 Å². The number of hydrogen-bond donors (Lipinski definition) is 1. The van der Waals surface area contributed by atoms with Gasteiger partial charge in [0.05, 0.1) is 12.6 Å². The van der Waals surface area contributed by atoms with E-state index in [0.717, 1.165) is 5.52 Å². The maximum absolute atomic E-state index is 11.4. The minimum absolute atomic E-state index is 0.0278. The van der Waals surface area contributed by atoms with Gasteiger partial charge in [-0.15, -0.1) is 0 Å². The summed E-state index contributed by atoms with van der Waals surface area (Å²) in [6.45, 7) is 0. The summed E-state index contributed by atoms with van der Waals surface area (Å²) >= 11 is 0. The molecule has 0 aliphatic rings. The van der Waals surface area contributed by atoms with Gasteiger partial charge < -0.3 is 14.4 Å². The molecule has 1 heterocycles. The first-order valence-electron chi connectivity index (χ1n) is 4.51. The summed E-state index contributed by atoms with van der Waals surface area (Å²) in [6, 6.07) is 7.25. The van der Waals surface area contributed by atoms with Crippen LogP contribution in [-0.2, 0) is 11.8 Å². The van der Waals surface area contributed by atoms with Crippen molar-refractivity contribution in [1.82, 2.24) is 4.57 Å². The van der Waals surface area contributed by atoms with Crippen LogP contribution in [0.25, 0.3) is 10.9 Å². The van der Waals surface area contributed by atoms with Crippen molar-refractivity contribution in [2.75, 3.05) is 7.11 Å². The third kappa shape index (κ3) is 1.26. The Morgan fingerprint density at radius 1 is 1.40 bits per heavy atom. The van der Waals surface area contributed by atoms with Gasteiger partial charge in [-0.3, -0.25) is 0 Å². The lowest BCUT2D eigenvalue weighted by atomic mass is 10.2. The van der Waals surface area contributed by atoms with Gasteiger partial charge in [-0.05, 0) is 12.1 Å². The number of methoxy groups -OCH3 is 1. The van der Waals surface area contributed by atoms with Crippen molar-refractivity contribution < 1.29 is 14.6 Å². The molecule has 0 atom stereocenters. The summed E-state index contributed by atoms with van der Waals surface area (Å²) in [5.74, 6) is -0.564. The smallest absolute Gasteiger partial charge is 0.358 e. The zero-order valence-electron chi connectivity index (χ0n) is 8.52. The van der Waals surface area contributed by atoms with Gasteiger partial charge in [0, 0.05) is 12.4 Å². The highest BCUT2D eigenvalue weighted by molar-refractivity contribution is 6.01. The van der Waals surface area contributed by atoms with Crippen molar-refractivity contribution in [3.63, 3.8) is 0 Å². The van der Waals surface area contributed by atoms with Crippen molar-refractivity contribution >= 4 is 16.9 Å². The molecular formula is C11H11NO3. The Labute approximate surface area is 86.7 Å². The van der Waals surface area contributed by atoms with Crippen LogP contribution in [0.15, 0.2) is 24.3 Å². The number of fused-ring (bicyclic) bond motifs is 1. The highest BCUT2D eigenvalue weighted by atomic mass is 16.5. The Kier molecular flexibility index (Phi) is 2.11. The molecule has 1 N–H and O–H groups in total. The molecule has 0 aliphatic carbocycles. The van der Waals surface area contributed by atoms with Crippen LogP contribution in [0.5, 0.6) is 5.75 Å². The second-order valence-corrected chi connectivity index (χ2v) is 3.26. The average Bonchev–Trinajstić information content (AvgIpc) is 2.52. The van der Waals surface area contributed by atoms with E-state index in [4.69, 9.17) is 0 Å². The van der Waals surface area contributed by atoms with E-state index in [0.29, 0.717) is 5.39 Å². The summed E-state index contributed by atoms with van der Waals surface area (Å²) in [4.78, 5) is 11.4. The Bertz CT molecular complexity index is 489. The minimum atomic E-state index is -0.536. The number of aromatic nitrogens is 1. The standard InChI is InChI=1S/C11H11NO3/c1-12-8-6-4-3-5-7(8)10(13)9(12)11(14)15-2/h3-6,13H,1-2H3. The molecule has 0 aliphatic heterocycles. The molecule has 0 bridgehead atoms. The van der Waals surface area contributed by atoms with Crippen LogP contribution in [0.3, 0.4) is 0 Å². The third-order valence-corrected chi connectivity index (χ3v) is 2.46. The quantitative estimate of drug-likeness (QED) is 0.720. The zero-order valence-corrected chi connectivity index (χ0v) is 8.52. The number of aromatic hydroxyl groups is 1. The largest absolute Gasteiger partial charge is 0.505 e. The first kappa shape index (κ1) is 9.58. The summed E-state index contributed by atoms with van der Waals surface area (Å²) in [5, 5.41) is 10.5. The average molecular weight is 205 g/mol. The van der Waals surface area contributed by atoms with E-state index in [1.807, 2.05) is 18.2 Å². The molecule has 2 aromatic rings. The maximum atomic E-state index is 11.4. The Morgan fingerprint density at radius 3 is 2.67 bits per heavy atom. The Balaban J connectivity index is 2.81. The molecule has 0 fully saturated rings. The van der Waals surface area contributed by atoms with E-state index >= 15 is 0 Å². The number of ether oxygens (including phenoxy) is 1. The van der Waals surface area contributed by atoms with Crippen molar-refractivity contribution in [1.29, 1.82) is 0 Å². The number of benzene rings is 1. The lowest BCUT2D eigenvalue weighted by Gasteiger charge is -2.01. The molecule has 15 heavy (non-hydrogen) atoms. The number of esters is 1. The number of rotatable bonds is 1. The van der Waals surface area contributed by atoms with Crippen molar-refractivity contribution in [2.45, 2.75) is 0 Å². The van der Waals surface area contributed by atoms with E-state index in [-0.39, 0.29) is 11.4 Å². The second kappa shape index (κ2) is 3.31. The number of hydrogen-bond acceptors (Lipinski definition) is 3. The minimum Gasteiger partial charge on any atom is -0.505 e. The number of nitrogens with zero attached hydrogens (tertiary/aromatic N) is 1. The number of carbonyl (C=O) groups excluding carboxylic acids is 1. The van der Waals surface area contributed by atoms with Crippen LogP contribution in [0.2, 0.25) is 0 Å². The predicted molar refractivity (Wildman–Crippen MR) is 55.9 cm³/mol. The van der Waals surface area contributed by atoms with Gasteiger partial charge >= 0.3 is 5.97 Å². The monoisotopic (exact) mass is 205 g/mol. The molecule has 4 heteroatoms. The van der Waals surface area contributed by atoms with Gasteiger partial charge in [-0.1, -0.05) is 12.1 Å². The van der Waals surface area contributed by atoms with Crippen molar-refractivity contribution in [3.05, 3.63) is 30.0 Å². The molecule has 1 aromatic heterocycles. The molecule has 2 rings (SSSR count). The molecule has 78 valence electrons. The van der Waals surface area contributed by atoms with Crippen LogP contribution in [0.1, 0.15) is 10.5 Å². The van der Waals surface area contributed by atoms with E-state index in [2.05, 4.69) is 4.74 Å². The lowest BCUT2D eigenvalue weighted by molar-refractivity contribution is 0.0587. The summed E-state index contributed by atoms with van der Waals surface area (Å²) in [5.41, 5.74) is 0.981. The fourth-order valence-electron chi connectivity index (χ4n) is 1.70. The summed E-state index contributed by atoms with van der Waals surface area (Å²) < 4.78 is 6.23. The van der Waals surface area contributed by atoms with Gasteiger partial charge in [0.2, 0.25) is 0 Å². The van der Waals surface area contributed by atoms with E-state index in [1.165, 1.54) is 7.11 Å². The molecule has 0 saturated heterocycles. The Morgan fingerprint density at radius 2 is 2.07 bits per heavy atom. The van der Waals surface area contributed by atoms with Gasteiger partial charge in [-0.2, -0.15) is 0 Å². The van der Waals surface area contributed by atoms with Gasteiger partial charge in [0.15, 0.2) is 11.4 Å². The van der Waals surface area contributed by atoms with Gasteiger partial charge in [0.25, 0.3) is 0 Å².